The molecule has 0 aromatic rings. The zero-order valence-electron chi connectivity index (χ0n) is 42.8. The fraction of sp³-hybridized carbons (Fsp3) is 0.862. The average molecular weight is 901 g/mol. The Bertz CT molecular complexity index is 1040. The van der Waals surface area contributed by atoms with E-state index in [1.165, 1.54) is 199 Å². The van der Waals surface area contributed by atoms with E-state index in [0.29, 0.717) is 19.4 Å². The molecular formula is C58H109NO5. The van der Waals surface area contributed by atoms with Crippen molar-refractivity contribution in [2.75, 3.05) is 13.2 Å². The van der Waals surface area contributed by atoms with E-state index >= 15 is 0 Å². The number of hydrogen-bond acceptors (Lipinski definition) is 5. The number of hydrogen-bond donors (Lipinski definition) is 3. The number of carbonyl (C=O) groups excluding carboxylic acids is 2. The maximum Gasteiger partial charge on any atom is 0.305 e. The molecule has 64 heavy (non-hydrogen) atoms. The van der Waals surface area contributed by atoms with Gasteiger partial charge in [-0.15, -0.1) is 0 Å². The summed E-state index contributed by atoms with van der Waals surface area (Å²) in [5, 5.41) is 23.1. The van der Waals surface area contributed by atoms with Gasteiger partial charge in [-0.1, -0.05) is 256 Å². The lowest BCUT2D eigenvalue weighted by Crippen LogP contribution is -2.45. The summed E-state index contributed by atoms with van der Waals surface area (Å²) in [6, 6.07) is -0.647. The second-order valence-corrected chi connectivity index (χ2v) is 19.3. The molecule has 6 heteroatoms. The van der Waals surface area contributed by atoms with Crippen molar-refractivity contribution in [3.8, 4) is 0 Å². The molecule has 0 radical (unpaired) electrons. The van der Waals surface area contributed by atoms with Crippen molar-refractivity contribution in [1.29, 1.82) is 0 Å². The van der Waals surface area contributed by atoms with E-state index in [9.17, 15) is 19.8 Å². The Labute approximate surface area is 398 Å². The molecule has 0 aromatic carbocycles. The van der Waals surface area contributed by atoms with Gasteiger partial charge in [0.2, 0.25) is 5.91 Å². The van der Waals surface area contributed by atoms with E-state index in [1.54, 1.807) is 6.08 Å². The molecule has 0 bridgehead atoms. The van der Waals surface area contributed by atoms with Crippen LogP contribution in [0.2, 0.25) is 0 Å². The Morgan fingerprint density at radius 1 is 0.438 bits per heavy atom. The molecule has 0 aromatic heterocycles. The zero-order chi connectivity index (χ0) is 46.5. The second kappa shape index (κ2) is 53.7. The van der Waals surface area contributed by atoms with Gasteiger partial charge in [-0.25, -0.2) is 0 Å². The fourth-order valence-corrected chi connectivity index (χ4v) is 8.55. The van der Waals surface area contributed by atoms with Crippen molar-refractivity contribution in [3.05, 3.63) is 36.5 Å². The molecule has 0 spiro atoms. The van der Waals surface area contributed by atoms with Gasteiger partial charge in [0.1, 0.15) is 0 Å². The number of rotatable bonds is 52. The van der Waals surface area contributed by atoms with E-state index in [0.717, 1.165) is 70.6 Å². The minimum absolute atomic E-state index is 0.0341. The summed E-state index contributed by atoms with van der Waals surface area (Å²) in [5.74, 6) is -0.124. The second-order valence-electron chi connectivity index (χ2n) is 19.3. The van der Waals surface area contributed by atoms with Gasteiger partial charge in [-0.2, -0.15) is 0 Å². The predicted molar refractivity (Wildman–Crippen MR) is 278 cm³/mol. The van der Waals surface area contributed by atoms with Gasteiger partial charge in [0.05, 0.1) is 25.4 Å². The molecule has 0 rings (SSSR count). The van der Waals surface area contributed by atoms with Crippen LogP contribution in [0.4, 0.5) is 0 Å². The number of unbranched alkanes of at least 4 members (excludes halogenated alkanes) is 37. The summed E-state index contributed by atoms with van der Waals surface area (Å²) in [7, 11) is 0. The Morgan fingerprint density at radius 3 is 1.20 bits per heavy atom. The first-order valence-corrected chi connectivity index (χ1v) is 28.3. The standard InChI is InChI=1S/C58H109NO5/c1-3-5-7-9-11-13-15-17-19-21-22-23-24-25-26-28-30-34-38-42-46-50-56(61)55(54-60)59-57(62)51-47-43-39-35-32-33-37-41-45-49-53-64-58(63)52-48-44-40-36-31-29-27-20-18-16-14-12-10-8-6-4-2/h14,16,20,27,46,50,55-56,60-61H,3-13,15,17-19,21-26,28-45,47-49,51-54H2,1-2H3,(H,59,62)/b16-14-,27-20-,50-46+. The van der Waals surface area contributed by atoms with Gasteiger partial charge >= 0.3 is 5.97 Å². The van der Waals surface area contributed by atoms with E-state index in [4.69, 9.17) is 4.74 Å². The Balaban J connectivity index is 3.52. The van der Waals surface area contributed by atoms with E-state index < -0.39 is 12.1 Å². The minimum Gasteiger partial charge on any atom is -0.466 e. The third-order valence-corrected chi connectivity index (χ3v) is 12.9. The van der Waals surface area contributed by atoms with Crippen molar-refractivity contribution < 1.29 is 24.5 Å². The lowest BCUT2D eigenvalue weighted by molar-refractivity contribution is -0.143. The normalized spacial score (nSPS) is 12.9. The molecule has 2 unspecified atom stereocenters. The van der Waals surface area contributed by atoms with Gasteiger partial charge in [-0.3, -0.25) is 9.59 Å². The lowest BCUT2D eigenvalue weighted by Gasteiger charge is -2.20. The Kier molecular flexibility index (Phi) is 52.1. The highest BCUT2D eigenvalue weighted by molar-refractivity contribution is 5.76. The summed E-state index contributed by atoms with van der Waals surface area (Å²) >= 11 is 0. The van der Waals surface area contributed by atoms with Gasteiger partial charge < -0.3 is 20.3 Å². The molecule has 376 valence electrons. The molecule has 0 fully saturated rings. The number of esters is 1. The molecular weight excluding hydrogens is 791 g/mol. The van der Waals surface area contributed by atoms with E-state index in [2.05, 4.69) is 43.5 Å². The number of allylic oxidation sites excluding steroid dienone is 5. The quantitative estimate of drug-likeness (QED) is 0.0321. The molecule has 0 aliphatic carbocycles. The smallest absolute Gasteiger partial charge is 0.305 e. The van der Waals surface area contributed by atoms with Gasteiger partial charge in [0.25, 0.3) is 0 Å². The first-order valence-electron chi connectivity index (χ1n) is 28.3. The number of ether oxygens (including phenoxy) is 1. The summed E-state index contributed by atoms with van der Waals surface area (Å²) < 4.78 is 5.45. The average Bonchev–Trinajstić information content (AvgIpc) is 3.29. The van der Waals surface area contributed by atoms with Crippen molar-refractivity contribution in [3.63, 3.8) is 0 Å². The molecule has 6 nitrogen and oxygen atoms in total. The predicted octanol–water partition coefficient (Wildman–Crippen LogP) is 17.2. The monoisotopic (exact) mass is 900 g/mol. The Hall–Kier alpha value is -1.92. The molecule has 1 amide bonds. The first kappa shape index (κ1) is 62.1. The van der Waals surface area contributed by atoms with Crippen LogP contribution < -0.4 is 5.32 Å². The van der Waals surface area contributed by atoms with E-state index in [1.807, 2.05) is 6.08 Å². The fourth-order valence-electron chi connectivity index (χ4n) is 8.55. The number of carbonyl (C=O) groups is 2. The topological polar surface area (TPSA) is 95.9 Å². The van der Waals surface area contributed by atoms with Crippen molar-refractivity contribution >= 4 is 11.9 Å². The molecule has 0 heterocycles. The number of aliphatic hydroxyl groups is 2. The van der Waals surface area contributed by atoms with Crippen LogP contribution in [0.5, 0.6) is 0 Å². The SMILES string of the molecule is CCCCCC/C=C\C/C=C\CCCCCCCC(=O)OCCCCCCCCCCCCC(=O)NC(CO)C(O)/C=C/CCCCCCCCCCCCCCCCCCCCC. The van der Waals surface area contributed by atoms with Crippen molar-refractivity contribution in [1.82, 2.24) is 5.32 Å². The number of nitrogens with one attached hydrogen (secondary N) is 1. The lowest BCUT2D eigenvalue weighted by atomic mass is 10.0. The summed E-state index contributed by atoms with van der Waals surface area (Å²) in [6.45, 7) is 4.84. The molecule has 0 aliphatic rings. The van der Waals surface area contributed by atoms with Gasteiger partial charge in [0.15, 0.2) is 0 Å². The largest absolute Gasteiger partial charge is 0.466 e. The van der Waals surface area contributed by atoms with Gasteiger partial charge in [0, 0.05) is 12.8 Å². The number of amides is 1. The van der Waals surface area contributed by atoms with Crippen LogP contribution >= 0.6 is 0 Å². The number of aliphatic hydroxyl groups excluding tert-OH is 2. The van der Waals surface area contributed by atoms with Crippen molar-refractivity contribution in [2.45, 2.75) is 309 Å². The van der Waals surface area contributed by atoms with Crippen LogP contribution in [-0.2, 0) is 14.3 Å². The van der Waals surface area contributed by atoms with Crippen LogP contribution in [0.1, 0.15) is 296 Å². The zero-order valence-corrected chi connectivity index (χ0v) is 42.8. The van der Waals surface area contributed by atoms with Crippen LogP contribution in [0.3, 0.4) is 0 Å². The summed E-state index contributed by atoms with van der Waals surface area (Å²) in [6.07, 6.45) is 65.8. The molecule has 3 N–H and O–H groups in total. The highest BCUT2D eigenvalue weighted by Gasteiger charge is 2.18. The highest BCUT2D eigenvalue weighted by atomic mass is 16.5. The van der Waals surface area contributed by atoms with Crippen LogP contribution in [0.25, 0.3) is 0 Å². The molecule has 0 aliphatic heterocycles. The summed E-state index contributed by atoms with van der Waals surface area (Å²) in [5.41, 5.74) is 0. The minimum atomic E-state index is -0.861. The third-order valence-electron chi connectivity index (χ3n) is 12.9. The van der Waals surface area contributed by atoms with Crippen molar-refractivity contribution in [2.24, 2.45) is 0 Å². The Morgan fingerprint density at radius 2 is 0.781 bits per heavy atom. The molecule has 0 saturated heterocycles. The molecule has 2 atom stereocenters. The summed E-state index contributed by atoms with van der Waals surface area (Å²) in [4.78, 5) is 24.5. The van der Waals surface area contributed by atoms with Crippen LogP contribution in [0, 0.1) is 0 Å². The van der Waals surface area contributed by atoms with Crippen LogP contribution in [-0.4, -0.2) is 47.4 Å². The third kappa shape index (κ3) is 49.5. The van der Waals surface area contributed by atoms with E-state index in [-0.39, 0.29) is 18.5 Å². The molecule has 0 saturated carbocycles. The maximum atomic E-state index is 12.5. The van der Waals surface area contributed by atoms with Crippen LogP contribution in [0.15, 0.2) is 36.5 Å². The van der Waals surface area contributed by atoms with Gasteiger partial charge in [-0.05, 0) is 64.2 Å². The first-order chi connectivity index (χ1) is 31.5. The maximum absolute atomic E-state index is 12.5. The highest BCUT2D eigenvalue weighted by Crippen LogP contribution is 2.16.